The largest absolute Gasteiger partial charge is 0.506 e. The summed E-state index contributed by atoms with van der Waals surface area (Å²) in [5.74, 6) is -0.0216. The number of nitrogens with two attached hydrogens (primary N) is 1. The van der Waals surface area contributed by atoms with Gasteiger partial charge in [0, 0.05) is 13.1 Å². The Kier molecular flexibility index (Phi) is 4.22. The summed E-state index contributed by atoms with van der Waals surface area (Å²) in [5, 5.41) is 9.20. The second kappa shape index (κ2) is 5.27. The number of nitrogen functional groups attached to an aromatic ring is 1. The molecule has 1 aromatic rings. The highest BCUT2D eigenvalue weighted by Crippen LogP contribution is 2.22. The topological polar surface area (TPSA) is 49.5 Å². The summed E-state index contributed by atoms with van der Waals surface area (Å²) in [5.41, 5.74) is 6.49. The number of hydrogen-bond donors (Lipinski definition) is 2. The van der Waals surface area contributed by atoms with E-state index in [-0.39, 0.29) is 18.0 Å². The molecule has 0 heterocycles. The van der Waals surface area contributed by atoms with Crippen molar-refractivity contribution in [2.45, 2.75) is 19.1 Å². The lowest BCUT2D eigenvalue weighted by atomic mass is 10.2. The molecule has 0 unspecified atom stereocenters. The molecule has 0 aliphatic heterocycles. The van der Waals surface area contributed by atoms with Crippen LogP contribution in [-0.2, 0) is 6.54 Å². The van der Waals surface area contributed by atoms with Crippen molar-refractivity contribution in [2.75, 3.05) is 19.3 Å². The minimum Gasteiger partial charge on any atom is -0.506 e. The van der Waals surface area contributed by atoms with Crippen LogP contribution in [-0.4, -0.2) is 29.8 Å². The summed E-state index contributed by atoms with van der Waals surface area (Å²) in [6.45, 7) is 0.296. The molecule has 0 aromatic heterocycles. The van der Waals surface area contributed by atoms with E-state index in [9.17, 15) is 18.3 Å². The molecule has 0 saturated carbocycles. The monoisotopic (exact) mass is 248 g/mol. The highest BCUT2D eigenvalue weighted by atomic mass is 19.4. The van der Waals surface area contributed by atoms with Crippen molar-refractivity contribution in [3.05, 3.63) is 23.8 Å². The Morgan fingerprint density at radius 1 is 1.35 bits per heavy atom. The average molecular weight is 248 g/mol. The van der Waals surface area contributed by atoms with Crippen molar-refractivity contribution in [3.8, 4) is 5.75 Å². The molecule has 0 aliphatic rings. The predicted molar refractivity (Wildman–Crippen MR) is 59.5 cm³/mol. The molecule has 1 aromatic carbocycles. The first kappa shape index (κ1) is 13.6. The molecule has 3 N–H and O–H groups in total. The number of aromatic hydroxyl groups is 1. The highest BCUT2D eigenvalue weighted by Gasteiger charge is 2.26. The normalized spacial score (nSPS) is 12.1. The third-order valence-corrected chi connectivity index (χ3v) is 2.32. The standard InChI is InChI=1S/C11H15F3N2O/c1-16(5-4-11(12,13)14)7-8-2-3-10(17)9(15)6-8/h2-3,6,17H,4-5,7,15H2,1H3. The van der Waals surface area contributed by atoms with E-state index in [0.717, 1.165) is 5.56 Å². The van der Waals surface area contributed by atoms with Gasteiger partial charge in [-0.15, -0.1) is 0 Å². The molecule has 0 aliphatic carbocycles. The van der Waals surface area contributed by atoms with Gasteiger partial charge in [0.2, 0.25) is 0 Å². The summed E-state index contributed by atoms with van der Waals surface area (Å²) in [7, 11) is 1.61. The van der Waals surface area contributed by atoms with Gasteiger partial charge < -0.3 is 15.7 Å². The molecule has 6 heteroatoms. The molecule has 0 bridgehead atoms. The van der Waals surface area contributed by atoms with Gasteiger partial charge in [-0.05, 0) is 24.7 Å². The van der Waals surface area contributed by atoms with Crippen LogP contribution in [0.3, 0.4) is 0 Å². The Balaban J connectivity index is 2.50. The number of hydrogen-bond acceptors (Lipinski definition) is 3. The van der Waals surface area contributed by atoms with Gasteiger partial charge in [-0.1, -0.05) is 6.07 Å². The Hall–Kier alpha value is -1.43. The molecule has 0 fully saturated rings. The molecule has 0 atom stereocenters. The number of alkyl halides is 3. The summed E-state index contributed by atoms with van der Waals surface area (Å²) >= 11 is 0. The van der Waals surface area contributed by atoms with Crippen LogP contribution in [0.2, 0.25) is 0 Å². The van der Waals surface area contributed by atoms with E-state index >= 15 is 0 Å². The van der Waals surface area contributed by atoms with Crippen LogP contribution in [0.5, 0.6) is 5.75 Å². The summed E-state index contributed by atoms with van der Waals surface area (Å²) in [4.78, 5) is 1.55. The van der Waals surface area contributed by atoms with Crippen LogP contribution in [0.1, 0.15) is 12.0 Å². The second-order valence-corrected chi connectivity index (χ2v) is 4.00. The van der Waals surface area contributed by atoms with E-state index in [0.29, 0.717) is 6.54 Å². The molecule has 0 radical (unpaired) electrons. The molecule has 1 rings (SSSR count). The minimum atomic E-state index is -4.14. The molecular formula is C11H15F3N2O. The number of benzene rings is 1. The molecular weight excluding hydrogens is 233 g/mol. The van der Waals surface area contributed by atoms with Crippen molar-refractivity contribution in [1.82, 2.24) is 4.90 Å². The van der Waals surface area contributed by atoms with Gasteiger partial charge in [-0.3, -0.25) is 0 Å². The van der Waals surface area contributed by atoms with Crippen molar-refractivity contribution in [3.63, 3.8) is 0 Å². The zero-order chi connectivity index (χ0) is 13.1. The number of phenolic OH excluding ortho intramolecular Hbond substituents is 1. The van der Waals surface area contributed by atoms with Crippen molar-refractivity contribution in [1.29, 1.82) is 0 Å². The van der Waals surface area contributed by atoms with Crippen LogP contribution < -0.4 is 5.73 Å². The Morgan fingerprint density at radius 2 is 2.00 bits per heavy atom. The first-order valence-corrected chi connectivity index (χ1v) is 5.10. The smallest absolute Gasteiger partial charge is 0.390 e. The first-order chi connectivity index (χ1) is 7.78. The zero-order valence-electron chi connectivity index (χ0n) is 9.46. The number of anilines is 1. The third kappa shape index (κ3) is 4.95. The lowest BCUT2D eigenvalue weighted by Crippen LogP contribution is -2.24. The third-order valence-electron chi connectivity index (χ3n) is 2.32. The van der Waals surface area contributed by atoms with E-state index < -0.39 is 12.6 Å². The fraction of sp³-hybridized carbons (Fsp3) is 0.455. The van der Waals surface area contributed by atoms with Gasteiger partial charge in [0.1, 0.15) is 5.75 Å². The van der Waals surface area contributed by atoms with E-state index in [4.69, 9.17) is 5.73 Å². The van der Waals surface area contributed by atoms with Crippen LogP contribution in [0, 0.1) is 0 Å². The van der Waals surface area contributed by atoms with Crippen LogP contribution in [0.15, 0.2) is 18.2 Å². The van der Waals surface area contributed by atoms with E-state index in [1.165, 1.54) is 6.07 Å². The maximum Gasteiger partial charge on any atom is 0.390 e. The van der Waals surface area contributed by atoms with E-state index in [2.05, 4.69) is 0 Å². The summed E-state index contributed by atoms with van der Waals surface area (Å²) in [6, 6.07) is 4.62. The number of phenols is 1. The van der Waals surface area contributed by atoms with Crippen molar-refractivity contribution >= 4 is 5.69 Å². The molecule has 0 amide bonds. The number of nitrogens with zero attached hydrogens (tertiary/aromatic N) is 1. The Labute approximate surface area is 97.6 Å². The number of halogens is 3. The van der Waals surface area contributed by atoms with Crippen LogP contribution >= 0.6 is 0 Å². The predicted octanol–water partition coefficient (Wildman–Crippen LogP) is 2.36. The van der Waals surface area contributed by atoms with E-state index in [1.54, 1.807) is 24.1 Å². The van der Waals surface area contributed by atoms with Crippen LogP contribution in [0.25, 0.3) is 0 Å². The molecule has 17 heavy (non-hydrogen) atoms. The average Bonchev–Trinajstić information content (AvgIpc) is 2.20. The van der Waals surface area contributed by atoms with Crippen LogP contribution in [0.4, 0.5) is 18.9 Å². The molecule has 96 valence electrons. The quantitative estimate of drug-likeness (QED) is 0.635. The second-order valence-electron chi connectivity index (χ2n) is 4.00. The molecule has 0 saturated heterocycles. The van der Waals surface area contributed by atoms with Gasteiger partial charge in [0.05, 0.1) is 12.1 Å². The fourth-order valence-electron chi connectivity index (χ4n) is 1.41. The van der Waals surface area contributed by atoms with E-state index in [1.807, 2.05) is 0 Å². The minimum absolute atomic E-state index is 0.0216. The zero-order valence-corrected chi connectivity index (χ0v) is 9.46. The van der Waals surface area contributed by atoms with Gasteiger partial charge >= 0.3 is 6.18 Å². The van der Waals surface area contributed by atoms with Crippen molar-refractivity contribution < 1.29 is 18.3 Å². The molecule has 0 spiro atoms. The van der Waals surface area contributed by atoms with Gasteiger partial charge in [-0.25, -0.2) is 0 Å². The summed E-state index contributed by atoms with van der Waals surface area (Å²) in [6.07, 6.45) is -4.97. The maximum atomic E-state index is 12.0. The first-order valence-electron chi connectivity index (χ1n) is 5.10. The Morgan fingerprint density at radius 3 is 2.53 bits per heavy atom. The van der Waals surface area contributed by atoms with Gasteiger partial charge in [0.25, 0.3) is 0 Å². The fourth-order valence-corrected chi connectivity index (χ4v) is 1.41. The Bertz CT molecular complexity index is 379. The number of rotatable bonds is 4. The molecule has 3 nitrogen and oxygen atoms in total. The summed E-state index contributed by atoms with van der Waals surface area (Å²) < 4.78 is 36.0. The van der Waals surface area contributed by atoms with Gasteiger partial charge in [-0.2, -0.15) is 13.2 Å². The highest BCUT2D eigenvalue weighted by molar-refractivity contribution is 5.53. The lowest BCUT2D eigenvalue weighted by molar-refractivity contribution is -0.137. The maximum absolute atomic E-state index is 12.0. The SMILES string of the molecule is CN(CCC(F)(F)F)Cc1ccc(O)c(N)c1. The lowest BCUT2D eigenvalue weighted by Gasteiger charge is -2.18. The van der Waals surface area contributed by atoms with Gasteiger partial charge in [0.15, 0.2) is 0 Å². The van der Waals surface area contributed by atoms with Crippen molar-refractivity contribution in [2.24, 2.45) is 0 Å².